The van der Waals surface area contributed by atoms with Crippen LogP contribution in [0.1, 0.15) is 12.0 Å². The molecule has 84 valence electrons. The summed E-state index contributed by atoms with van der Waals surface area (Å²) >= 11 is 0. The van der Waals surface area contributed by atoms with Gasteiger partial charge in [-0.2, -0.15) is 0 Å². The number of rotatable bonds is 1. The standard InChI is InChI=1S/C10H8FNO4/c11-5-1-2-8-6(3-5)7(12-15)4-9(16-8)10(13)14/h1-3,9,15H,4H2,(H,13,14)/b12-7+. The van der Waals surface area contributed by atoms with Gasteiger partial charge in [0.25, 0.3) is 0 Å². The molecule has 0 bridgehead atoms. The van der Waals surface area contributed by atoms with Gasteiger partial charge in [0.05, 0.1) is 5.71 Å². The van der Waals surface area contributed by atoms with E-state index in [9.17, 15) is 9.18 Å². The Bertz CT molecular complexity index is 472. The maximum atomic E-state index is 13.0. The summed E-state index contributed by atoms with van der Waals surface area (Å²) in [5.74, 6) is -1.46. The second-order valence-corrected chi connectivity index (χ2v) is 3.34. The minimum absolute atomic E-state index is 0.0950. The van der Waals surface area contributed by atoms with Crippen LogP contribution in [0.15, 0.2) is 23.4 Å². The first-order chi connectivity index (χ1) is 7.61. The van der Waals surface area contributed by atoms with Crippen LogP contribution in [-0.2, 0) is 4.79 Å². The van der Waals surface area contributed by atoms with Gasteiger partial charge in [-0.25, -0.2) is 9.18 Å². The quantitative estimate of drug-likeness (QED) is 0.556. The van der Waals surface area contributed by atoms with Gasteiger partial charge in [-0.1, -0.05) is 5.16 Å². The van der Waals surface area contributed by atoms with E-state index < -0.39 is 17.9 Å². The second-order valence-electron chi connectivity index (χ2n) is 3.34. The lowest BCUT2D eigenvalue weighted by Gasteiger charge is -2.23. The summed E-state index contributed by atoms with van der Waals surface area (Å²) in [6.07, 6.45) is -1.20. The molecule has 2 rings (SSSR count). The Kier molecular flexibility index (Phi) is 2.47. The van der Waals surface area contributed by atoms with Crippen LogP contribution in [0, 0.1) is 5.82 Å². The van der Waals surface area contributed by atoms with Crippen molar-refractivity contribution < 1.29 is 24.2 Å². The van der Waals surface area contributed by atoms with Crippen LogP contribution in [0.25, 0.3) is 0 Å². The van der Waals surface area contributed by atoms with Gasteiger partial charge < -0.3 is 15.1 Å². The number of carbonyl (C=O) groups is 1. The molecule has 1 aliphatic heterocycles. The molecule has 1 unspecified atom stereocenters. The van der Waals surface area contributed by atoms with Crippen LogP contribution in [-0.4, -0.2) is 28.1 Å². The summed E-state index contributed by atoms with van der Waals surface area (Å²) in [5, 5.41) is 20.5. The zero-order chi connectivity index (χ0) is 11.7. The summed E-state index contributed by atoms with van der Waals surface area (Å²) in [6, 6.07) is 3.60. The number of carboxylic acids is 1. The molecule has 0 amide bonds. The third kappa shape index (κ3) is 1.69. The molecule has 1 heterocycles. The van der Waals surface area contributed by atoms with Crippen LogP contribution < -0.4 is 4.74 Å². The average Bonchev–Trinajstić information content (AvgIpc) is 2.27. The summed E-state index contributed by atoms with van der Waals surface area (Å²) in [6.45, 7) is 0. The van der Waals surface area contributed by atoms with Gasteiger partial charge in [-0.3, -0.25) is 0 Å². The molecule has 1 aliphatic rings. The Morgan fingerprint density at radius 2 is 2.31 bits per heavy atom. The molecule has 0 saturated heterocycles. The van der Waals surface area contributed by atoms with E-state index in [-0.39, 0.29) is 23.4 Å². The van der Waals surface area contributed by atoms with Crippen molar-refractivity contribution in [3.05, 3.63) is 29.6 Å². The van der Waals surface area contributed by atoms with E-state index in [1.165, 1.54) is 6.07 Å². The first-order valence-electron chi connectivity index (χ1n) is 4.52. The molecule has 0 aromatic heterocycles. The molecule has 1 atom stereocenters. The SMILES string of the molecule is O=C(O)C1C/C(=N\O)c2cc(F)ccc2O1. The number of benzene rings is 1. The Balaban J connectivity index is 2.46. The fourth-order valence-electron chi connectivity index (χ4n) is 1.54. The van der Waals surface area contributed by atoms with E-state index in [0.717, 1.165) is 12.1 Å². The highest BCUT2D eigenvalue weighted by atomic mass is 19.1. The van der Waals surface area contributed by atoms with Gasteiger partial charge in [0.1, 0.15) is 11.6 Å². The first kappa shape index (κ1) is 10.4. The van der Waals surface area contributed by atoms with Crippen LogP contribution >= 0.6 is 0 Å². The highest BCUT2D eigenvalue weighted by Gasteiger charge is 2.30. The molecular formula is C10H8FNO4. The van der Waals surface area contributed by atoms with E-state index in [1.807, 2.05) is 0 Å². The van der Waals surface area contributed by atoms with Gasteiger partial charge in [-0.15, -0.1) is 0 Å². The first-order valence-corrected chi connectivity index (χ1v) is 4.52. The van der Waals surface area contributed by atoms with Crippen molar-refractivity contribution in [2.75, 3.05) is 0 Å². The average molecular weight is 225 g/mol. The molecule has 6 heteroatoms. The Hall–Kier alpha value is -2.11. The zero-order valence-electron chi connectivity index (χ0n) is 8.05. The number of halogens is 1. The Morgan fingerprint density at radius 3 is 2.94 bits per heavy atom. The van der Waals surface area contributed by atoms with E-state index in [2.05, 4.69) is 5.16 Å². The van der Waals surface area contributed by atoms with E-state index >= 15 is 0 Å². The monoisotopic (exact) mass is 225 g/mol. The lowest BCUT2D eigenvalue weighted by molar-refractivity contribution is -0.144. The van der Waals surface area contributed by atoms with Crippen molar-refractivity contribution in [3.8, 4) is 5.75 Å². The van der Waals surface area contributed by atoms with E-state index in [0.29, 0.717) is 0 Å². The molecule has 2 N–H and O–H groups in total. The van der Waals surface area contributed by atoms with Crippen molar-refractivity contribution in [3.63, 3.8) is 0 Å². The smallest absolute Gasteiger partial charge is 0.345 e. The molecule has 1 aromatic rings. The largest absolute Gasteiger partial charge is 0.478 e. The highest BCUT2D eigenvalue weighted by molar-refractivity contribution is 6.05. The number of hydrogen-bond donors (Lipinski definition) is 2. The predicted molar refractivity (Wildman–Crippen MR) is 51.4 cm³/mol. The molecule has 0 saturated carbocycles. The molecular weight excluding hydrogens is 217 g/mol. The molecule has 0 spiro atoms. The minimum Gasteiger partial charge on any atom is -0.478 e. The van der Waals surface area contributed by atoms with Crippen LogP contribution in [0.4, 0.5) is 4.39 Å². The Labute approximate surface area is 89.8 Å². The van der Waals surface area contributed by atoms with Gasteiger partial charge in [-0.05, 0) is 18.2 Å². The number of hydrogen-bond acceptors (Lipinski definition) is 4. The van der Waals surface area contributed by atoms with Gasteiger partial charge in [0.2, 0.25) is 6.10 Å². The number of nitrogens with zero attached hydrogens (tertiary/aromatic N) is 1. The third-order valence-electron chi connectivity index (χ3n) is 2.30. The molecule has 16 heavy (non-hydrogen) atoms. The number of carboxylic acid groups (broad SMARTS) is 1. The molecule has 0 aliphatic carbocycles. The fraction of sp³-hybridized carbons (Fsp3) is 0.200. The molecule has 0 fully saturated rings. The van der Waals surface area contributed by atoms with Crippen molar-refractivity contribution in [2.45, 2.75) is 12.5 Å². The highest BCUT2D eigenvalue weighted by Crippen LogP contribution is 2.28. The lowest BCUT2D eigenvalue weighted by Crippen LogP contribution is -2.34. The third-order valence-corrected chi connectivity index (χ3v) is 2.30. The Morgan fingerprint density at radius 1 is 1.56 bits per heavy atom. The number of ether oxygens (including phenoxy) is 1. The topological polar surface area (TPSA) is 79.1 Å². The molecule has 1 aromatic carbocycles. The number of fused-ring (bicyclic) bond motifs is 1. The normalized spacial score (nSPS) is 21.3. The second kappa shape index (κ2) is 3.80. The van der Waals surface area contributed by atoms with Crippen LogP contribution in [0.2, 0.25) is 0 Å². The summed E-state index contributed by atoms with van der Waals surface area (Å²) in [5.41, 5.74) is 0.383. The van der Waals surface area contributed by atoms with Crippen LogP contribution in [0.3, 0.4) is 0 Å². The molecule has 0 radical (unpaired) electrons. The maximum absolute atomic E-state index is 13.0. The summed E-state index contributed by atoms with van der Waals surface area (Å²) in [4.78, 5) is 10.8. The fourth-order valence-corrected chi connectivity index (χ4v) is 1.54. The van der Waals surface area contributed by atoms with E-state index in [4.69, 9.17) is 15.1 Å². The number of aliphatic carboxylic acids is 1. The van der Waals surface area contributed by atoms with Gasteiger partial charge in [0, 0.05) is 12.0 Å². The number of oxime groups is 1. The minimum atomic E-state index is -1.16. The van der Waals surface area contributed by atoms with E-state index in [1.54, 1.807) is 0 Å². The molecule has 5 nitrogen and oxygen atoms in total. The van der Waals surface area contributed by atoms with Gasteiger partial charge in [0.15, 0.2) is 0 Å². The lowest BCUT2D eigenvalue weighted by atomic mass is 10.00. The zero-order valence-corrected chi connectivity index (χ0v) is 8.05. The van der Waals surface area contributed by atoms with Crippen LogP contribution in [0.5, 0.6) is 5.75 Å². The van der Waals surface area contributed by atoms with Crippen molar-refractivity contribution in [1.29, 1.82) is 0 Å². The predicted octanol–water partition coefficient (Wildman–Crippen LogP) is 1.24. The van der Waals surface area contributed by atoms with Crippen molar-refractivity contribution >= 4 is 11.7 Å². The van der Waals surface area contributed by atoms with Gasteiger partial charge >= 0.3 is 5.97 Å². The van der Waals surface area contributed by atoms with Crippen molar-refractivity contribution in [2.24, 2.45) is 5.16 Å². The summed E-state index contributed by atoms with van der Waals surface area (Å²) in [7, 11) is 0. The van der Waals surface area contributed by atoms with Crippen molar-refractivity contribution in [1.82, 2.24) is 0 Å². The summed E-state index contributed by atoms with van der Waals surface area (Å²) < 4.78 is 18.1. The maximum Gasteiger partial charge on any atom is 0.345 e.